The van der Waals surface area contributed by atoms with Gasteiger partial charge in [-0.15, -0.1) is 0 Å². The fourth-order valence-electron chi connectivity index (χ4n) is 3.52. The summed E-state index contributed by atoms with van der Waals surface area (Å²) in [6, 6.07) is 10.0. The van der Waals surface area contributed by atoms with E-state index in [1.165, 1.54) is 0 Å². The molecule has 0 radical (unpaired) electrons. The van der Waals surface area contributed by atoms with Gasteiger partial charge in [0.05, 0.1) is 11.7 Å². The molecule has 0 N–H and O–H groups in total. The van der Waals surface area contributed by atoms with Gasteiger partial charge in [-0.1, -0.05) is 18.2 Å². The number of esters is 1. The lowest BCUT2D eigenvalue weighted by atomic mass is 10.00. The molecular formula is C16H21NO3. The van der Waals surface area contributed by atoms with Crippen molar-refractivity contribution >= 4 is 5.97 Å². The molecule has 2 saturated heterocycles. The number of likely N-dealkylation sites (N-methyl/N-ethyl adjacent to an activating group) is 1. The van der Waals surface area contributed by atoms with Crippen molar-refractivity contribution in [1.29, 1.82) is 0 Å². The van der Waals surface area contributed by atoms with Crippen LogP contribution in [0.1, 0.15) is 29.6 Å². The molecule has 0 saturated carbocycles. The average Bonchev–Trinajstić information content (AvgIpc) is 2.66. The lowest BCUT2D eigenvalue weighted by Crippen LogP contribution is -2.45. The SMILES string of the molecule is COC1C[C@H]2C[C@H](OC(=O)c3ccccc3)C[C@@H]1N2C. The molecule has 2 bridgehead atoms. The number of benzene rings is 1. The highest BCUT2D eigenvalue weighted by Crippen LogP contribution is 2.37. The fourth-order valence-corrected chi connectivity index (χ4v) is 3.52. The highest BCUT2D eigenvalue weighted by molar-refractivity contribution is 5.89. The number of hydrogen-bond acceptors (Lipinski definition) is 4. The van der Waals surface area contributed by atoms with Crippen molar-refractivity contribution in [3.8, 4) is 0 Å². The van der Waals surface area contributed by atoms with E-state index in [0.29, 0.717) is 17.6 Å². The molecule has 1 aromatic carbocycles. The number of fused-ring (bicyclic) bond motifs is 2. The number of carbonyl (C=O) groups excluding carboxylic acids is 1. The summed E-state index contributed by atoms with van der Waals surface area (Å²) in [7, 11) is 3.91. The second-order valence-electron chi connectivity index (χ2n) is 5.76. The number of ether oxygens (including phenoxy) is 2. The maximum Gasteiger partial charge on any atom is 0.338 e. The Hall–Kier alpha value is -1.39. The van der Waals surface area contributed by atoms with Gasteiger partial charge in [-0.25, -0.2) is 4.79 Å². The molecule has 2 aliphatic rings. The molecule has 4 nitrogen and oxygen atoms in total. The third-order valence-electron chi connectivity index (χ3n) is 4.66. The summed E-state index contributed by atoms with van der Waals surface area (Å²) in [5.74, 6) is -0.214. The first-order chi connectivity index (χ1) is 9.69. The van der Waals surface area contributed by atoms with Crippen LogP contribution in [0, 0.1) is 0 Å². The quantitative estimate of drug-likeness (QED) is 0.792. The van der Waals surface area contributed by atoms with Crippen LogP contribution in [-0.2, 0) is 9.47 Å². The first kappa shape index (κ1) is 13.6. The zero-order chi connectivity index (χ0) is 14.1. The second-order valence-corrected chi connectivity index (χ2v) is 5.76. The number of hydrogen-bond donors (Lipinski definition) is 0. The van der Waals surface area contributed by atoms with Gasteiger partial charge in [-0.2, -0.15) is 0 Å². The summed E-state index contributed by atoms with van der Waals surface area (Å²) in [5, 5.41) is 0. The van der Waals surface area contributed by atoms with Crippen LogP contribution in [0.15, 0.2) is 30.3 Å². The molecule has 20 heavy (non-hydrogen) atoms. The predicted octanol–water partition coefficient (Wildman–Crippen LogP) is 2.09. The third kappa shape index (κ3) is 2.45. The van der Waals surface area contributed by atoms with Gasteiger partial charge in [0.2, 0.25) is 0 Å². The molecular weight excluding hydrogens is 254 g/mol. The summed E-state index contributed by atoms with van der Waals surface area (Å²) in [6.07, 6.45) is 3.09. The Labute approximate surface area is 119 Å². The van der Waals surface area contributed by atoms with E-state index in [2.05, 4.69) is 11.9 Å². The van der Waals surface area contributed by atoms with Crippen LogP contribution in [0.4, 0.5) is 0 Å². The van der Waals surface area contributed by atoms with Crippen LogP contribution < -0.4 is 0 Å². The van der Waals surface area contributed by atoms with E-state index in [1.54, 1.807) is 19.2 Å². The van der Waals surface area contributed by atoms with E-state index in [9.17, 15) is 4.79 Å². The maximum atomic E-state index is 12.1. The lowest BCUT2D eigenvalue weighted by Gasteiger charge is -2.36. The van der Waals surface area contributed by atoms with Crippen LogP contribution in [0.25, 0.3) is 0 Å². The molecule has 0 aliphatic carbocycles. The van der Waals surface area contributed by atoms with Gasteiger partial charge >= 0.3 is 5.97 Å². The van der Waals surface area contributed by atoms with Crippen LogP contribution in [0.2, 0.25) is 0 Å². The van der Waals surface area contributed by atoms with Gasteiger partial charge in [-0.05, 0) is 25.6 Å². The first-order valence-electron chi connectivity index (χ1n) is 7.20. The van der Waals surface area contributed by atoms with Crippen LogP contribution in [-0.4, -0.2) is 49.3 Å². The molecule has 0 aromatic heterocycles. The van der Waals surface area contributed by atoms with E-state index in [-0.39, 0.29) is 18.2 Å². The summed E-state index contributed by atoms with van der Waals surface area (Å²) in [6.45, 7) is 0. The zero-order valence-electron chi connectivity index (χ0n) is 12.0. The summed E-state index contributed by atoms with van der Waals surface area (Å²) in [4.78, 5) is 14.5. The average molecular weight is 275 g/mol. The summed E-state index contributed by atoms with van der Waals surface area (Å²) in [5.41, 5.74) is 0.627. The standard InChI is InChI=1S/C16H21NO3/c1-17-12-8-13(10-14(17)15(9-12)19-2)20-16(18)11-6-4-3-5-7-11/h3-7,12-15H,8-10H2,1-2H3/t12-,13+,14+,15?/m1/s1. The Balaban J connectivity index is 1.64. The van der Waals surface area contributed by atoms with Crippen molar-refractivity contribution in [3.63, 3.8) is 0 Å². The molecule has 2 heterocycles. The molecule has 1 aromatic rings. The largest absolute Gasteiger partial charge is 0.459 e. The van der Waals surface area contributed by atoms with Crippen LogP contribution in [0.3, 0.4) is 0 Å². The monoisotopic (exact) mass is 275 g/mol. The minimum Gasteiger partial charge on any atom is -0.459 e. The van der Waals surface area contributed by atoms with Crippen molar-refractivity contribution in [2.24, 2.45) is 0 Å². The van der Waals surface area contributed by atoms with Crippen molar-refractivity contribution in [1.82, 2.24) is 4.90 Å². The Kier molecular flexibility index (Phi) is 3.76. The smallest absolute Gasteiger partial charge is 0.338 e. The van der Waals surface area contributed by atoms with Gasteiger partial charge < -0.3 is 9.47 Å². The van der Waals surface area contributed by atoms with Gasteiger partial charge in [0.1, 0.15) is 6.10 Å². The van der Waals surface area contributed by atoms with Crippen LogP contribution in [0.5, 0.6) is 0 Å². The fraction of sp³-hybridized carbons (Fsp3) is 0.562. The molecule has 108 valence electrons. The van der Waals surface area contributed by atoms with Gasteiger partial charge in [-0.3, -0.25) is 4.90 Å². The molecule has 2 fully saturated rings. The van der Waals surface area contributed by atoms with Gasteiger partial charge in [0.25, 0.3) is 0 Å². The van der Waals surface area contributed by atoms with Crippen LogP contribution >= 0.6 is 0 Å². The van der Waals surface area contributed by atoms with E-state index >= 15 is 0 Å². The minimum absolute atomic E-state index is 0.00839. The molecule has 4 heteroatoms. The maximum absolute atomic E-state index is 12.1. The second kappa shape index (κ2) is 5.54. The predicted molar refractivity (Wildman–Crippen MR) is 75.6 cm³/mol. The molecule has 2 aliphatic heterocycles. The Morgan fingerprint density at radius 1 is 1.20 bits per heavy atom. The zero-order valence-corrected chi connectivity index (χ0v) is 12.0. The van der Waals surface area contributed by atoms with E-state index in [0.717, 1.165) is 19.3 Å². The van der Waals surface area contributed by atoms with Gasteiger partial charge in [0, 0.05) is 32.0 Å². The minimum atomic E-state index is -0.214. The molecule has 3 rings (SSSR count). The lowest BCUT2D eigenvalue weighted by molar-refractivity contribution is -0.0128. The molecule has 0 amide bonds. The number of methoxy groups -OCH3 is 1. The number of rotatable bonds is 3. The Morgan fingerprint density at radius 3 is 2.65 bits per heavy atom. The van der Waals surface area contributed by atoms with E-state index in [1.807, 2.05) is 18.2 Å². The highest BCUT2D eigenvalue weighted by atomic mass is 16.5. The van der Waals surface area contributed by atoms with Crippen molar-refractivity contribution in [3.05, 3.63) is 35.9 Å². The molecule has 4 atom stereocenters. The summed E-state index contributed by atoms with van der Waals surface area (Å²) < 4.78 is 11.2. The summed E-state index contributed by atoms with van der Waals surface area (Å²) >= 11 is 0. The normalized spacial score (nSPS) is 33.1. The number of piperidine rings is 1. The number of carbonyl (C=O) groups is 1. The topological polar surface area (TPSA) is 38.8 Å². The molecule has 1 unspecified atom stereocenters. The van der Waals surface area contributed by atoms with Crippen molar-refractivity contribution in [2.75, 3.05) is 14.2 Å². The molecule has 0 spiro atoms. The third-order valence-corrected chi connectivity index (χ3v) is 4.66. The number of nitrogens with zero attached hydrogens (tertiary/aromatic N) is 1. The highest BCUT2D eigenvalue weighted by Gasteiger charge is 2.46. The first-order valence-corrected chi connectivity index (χ1v) is 7.20. The van der Waals surface area contributed by atoms with E-state index < -0.39 is 0 Å². The Bertz CT molecular complexity index is 476. The van der Waals surface area contributed by atoms with E-state index in [4.69, 9.17) is 9.47 Å². The van der Waals surface area contributed by atoms with Crippen molar-refractivity contribution in [2.45, 2.75) is 43.6 Å². The van der Waals surface area contributed by atoms with Crippen molar-refractivity contribution < 1.29 is 14.3 Å². The Morgan fingerprint density at radius 2 is 1.95 bits per heavy atom. The van der Waals surface area contributed by atoms with Gasteiger partial charge in [0.15, 0.2) is 0 Å².